The summed E-state index contributed by atoms with van der Waals surface area (Å²) >= 11 is 0. The number of hydrogen-bond acceptors (Lipinski definition) is 4. The number of aliphatic imine (C=N–C) groups is 1. The second kappa shape index (κ2) is 8.75. The molecular weight excluding hydrogens is 310 g/mol. The zero-order valence-electron chi connectivity index (χ0n) is 15.7. The number of amides is 2. The molecule has 8 nitrogen and oxygen atoms in total. The molecular formula is C16H31N5O3. The number of ether oxygens (including phenoxy) is 1. The van der Waals surface area contributed by atoms with Crippen molar-refractivity contribution in [2.45, 2.75) is 45.8 Å². The van der Waals surface area contributed by atoms with Gasteiger partial charge >= 0.3 is 6.09 Å². The summed E-state index contributed by atoms with van der Waals surface area (Å²) in [5, 5.41) is 6.08. The van der Waals surface area contributed by atoms with Gasteiger partial charge in [0, 0.05) is 33.7 Å². The predicted molar refractivity (Wildman–Crippen MR) is 94.0 cm³/mol. The average molecular weight is 341 g/mol. The Balaban J connectivity index is 2.58. The fraction of sp³-hybridized carbons (Fsp3) is 0.812. The molecule has 8 heteroatoms. The van der Waals surface area contributed by atoms with Crippen molar-refractivity contribution < 1.29 is 14.3 Å². The highest BCUT2D eigenvalue weighted by atomic mass is 16.6. The van der Waals surface area contributed by atoms with Gasteiger partial charge in [0.1, 0.15) is 12.1 Å². The van der Waals surface area contributed by atoms with Gasteiger partial charge in [-0.1, -0.05) is 0 Å². The van der Waals surface area contributed by atoms with E-state index in [4.69, 9.17) is 4.74 Å². The second-order valence-corrected chi connectivity index (χ2v) is 7.04. The number of rotatable bonds is 4. The first kappa shape index (κ1) is 20.1. The summed E-state index contributed by atoms with van der Waals surface area (Å²) in [6.07, 6.45) is 0.407. The SMILES string of the molecule is CCNC(=NCC(=O)N(C)C)N1CCC(NC(=O)OC(C)(C)C)C1. The molecule has 0 aromatic carbocycles. The van der Waals surface area contributed by atoms with Gasteiger partial charge in [-0.3, -0.25) is 4.79 Å². The summed E-state index contributed by atoms with van der Waals surface area (Å²) in [6.45, 7) is 9.73. The molecule has 1 rings (SSSR count). The third-order valence-electron chi connectivity index (χ3n) is 3.41. The third-order valence-corrected chi connectivity index (χ3v) is 3.41. The van der Waals surface area contributed by atoms with Gasteiger partial charge in [-0.15, -0.1) is 0 Å². The van der Waals surface area contributed by atoms with Gasteiger partial charge in [0.2, 0.25) is 5.91 Å². The van der Waals surface area contributed by atoms with Crippen LogP contribution in [0, 0.1) is 0 Å². The van der Waals surface area contributed by atoms with Crippen LogP contribution in [0.25, 0.3) is 0 Å². The van der Waals surface area contributed by atoms with Crippen LogP contribution in [0.4, 0.5) is 4.79 Å². The Morgan fingerprint density at radius 2 is 2.00 bits per heavy atom. The molecule has 1 saturated heterocycles. The molecule has 1 aliphatic heterocycles. The van der Waals surface area contributed by atoms with Crippen molar-refractivity contribution in [3.63, 3.8) is 0 Å². The zero-order valence-corrected chi connectivity index (χ0v) is 15.7. The maximum absolute atomic E-state index is 11.9. The Kier molecular flexibility index (Phi) is 7.31. The maximum atomic E-state index is 11.9. The summed E-state index contributed by atoms with van der Waals surface area (Å²) < 4.78 is 5.28. The van der Waals surface area contributed by atoms with Crippen molar-refractivity contribution >= 4 is 18.0 Å². The van der Waals surface area contributed by atoms with E-state index < -0.39 is 11.7 Å². The van der Waals surface area contributed by atoms with Crippen molar-refractivity contribution in [1.29, 1.82) is 0 Å². The molecule has 1 fully saturated rings. The highest BCUT2D eigenvalue weighted by molar-refractivity contribution is 5.85. The Hall–Kier alpha value is -1.99. The van der Waals surface area contributed by atoms with E-state index in [1.165, 1.54) is 4.90 Å². The molecule has 2 amide bonds. The molecule has 0 aliphatic carbocycles. The summed E-state index contributed by atoms with van der Waals surface area (Å²) in [5.41, 5.74) is -0.509. The van der Waals surface area contributed by atoms with Crippen molar-refractivity contribution in [3.8, 4) is 0 Å². The van der Waals surface area contributed by atoms with Crippen LogP contribution in [0.1, 0.15) is 34.1 Å². The third kappa shape index (κ3) is 7.06. The van der Waals surface area contributed by atoms with E-state index in [1.807, 2.05) is 27.7 Å². The lowest BCUT2D eigenvalue weighted by Crippen LogP contribution is -2.44. The molecule has 24 heavy (non-hydrogen) atoms. The Bertz CT molecular complexity index is 471. The Labute approximate surface area is 144 Å². The number of likely N-dealkylation sites (N-methyl/N-ethyl adjacent to an activating group) is 1. The van der Waals surface area contributed by atoms with Crippen LogP contribution in [-0.2, 0) is 9.53 Å². The predicted octanol–water partition coefficient (Wildman–Crippen LogP) is 0.639. The molecule has 2 N–H and O–H groups in total. The quantitative estimate of drug-likeness (QED) is 0.579. The molecule has 0 radical (unpaired) electrons. The number of carbonyl (C=O) groups excluding carboxylic acids is 2. The number of likely N-dealkylation sites (tertiary alicyclic amines) is 1. The molecule has 0 bridgehead atoms. The number of carbonyl (C=O) groups is 2. The number of guanidine groups is 1. The van der Waals surface area contributed by atoms with Crippen LogP contribution >= 0.6 is 0 Å². The summed E-state index contributed by atoms with van der Waals surface area (Å²) in [6, 6.07) is 0.00764. The van der Waals surface area contributed by atoms with E-state index in [0.717, 1.165) is 19.5 Å². The lowest BCUT2D eigenvalue weighted by atomic mass is 10.2. The Morgan fingerprint density at radius 3 is 2.54 bits per heavy atom. The Morgan fingerprint density at radius 1 is 1.33 bits per heavy atom. The van der Waals surface area contributed by atoms with Gasteiger partial charge in [0.15, 0.2) is 5.96 Å². The summed E-state index contributed by atoms with van der Waals surface area (Å²) in [5.74, 6) is 0.647. The first-order valence-corrected chi connectivity index (χ1v) is 8.35. The van der Waals surface area contributed by atoms with E-state index in [9.17, 15) is 9.59 Å². The molecule has 1 atom stereocenters. The smallest absolute Gasteiger partial charge is 0.407 e. The van der Waals surface area contributed by atoms with Gasteiger partial charge in [-0.2, -0.15) is 0 Å². The van der Waals surface area contributed by atoms with Crippen LogP contribution in [0.2, 0.25) is 0 Å². The van der Waals surface area contributed by atoms with E-state index >= 15 is 0 Å². The summed E-state index contributed by atoms with van der Waals surface area (Å²) in [4.78, 5) is 31.5. The summed E-state index contributed by atoms with van der Waals surface area (Å²) in [7, 11) is 3.42. The minimum absolute atomic E-state index is 0.00764. The van der Waals surface area contributed by atoms with Gasteiger partial charge in [0.25, 0.3) is 0 Å². The molecule has 138 valence electrons. The van der Waals surface area contributed by atoms with E-state index in [2.05, 4.69) is 20.5 Å². The van der Waals surface area contributed by atoms with Crippen molar-refractivity contribution in [3.05, 3.63) is 0 Å². The van der Waals surface area contributed by atoms with Crippen LogP contribution < -0.4 is 10.6 Å². The lowest BCUT2D eigenvalue weighted by Gasteiger charge is -2.23. The van der Waals surface area contributed by atoms with Gasteiger partial charge in [-0.25, -0.2) is 9.79 Å². The fourth-order valence-corrected chi connectivity index (χ4v) is 2.25. The molecule has 0 aromatic rings. The molecule has 1 unspecified atom stereocenters. The minimum atomic E-state index is -0.509. The van der Waals surface area contributed by atoms with Crippen LogP contribution in [0.15, 0.2) is 4.99 Å². The van der Waals surface area contributed by atoms with Gasteiger partial charge in [0.05, 0.1) is 6.04 Å². The fourth-order valence-electron chi connectivity index (χ4n) is 2.25. The average Bonchev–Trinajstić information content (AvgIpc) is 2.88. The monoisotopic (exact) mass is 341 g/mol. The first-order valence-electron chi connectivity index (χ1n) is 8.35. The van der Waals surface area contributed by atoms with Crippen molar-refractivity contribution in [2.24, 2.45) is 4.99 Å². The highest BCUT2D eigenvalue weighted by Gasteiger charge is 2.27. The minimum Gasteiger partial charge on any atom is -0.444 e. The highest BCUT2D eigenvalue weighted by Crippen LogP contribution is 2.12. The first-order chi connectivity index (χ1) is 11.1. The van der Waals surface area contributed by atoms with Gasteiger partial charge in [-0.05, 0) is 34.1 Å². The standard InChI is InChI=1S/C16H31N5O3/c1-7-17-14(18-10-13(22)20(5)6)21-9-8-12(11-21)19-15(23)24-16(2,3)4/h12H,7-11H2,1-6H3,(H,17,18)(H,19,23). The maximum Gasteiger partial charge on any atom is 0.407 e. The normalized spacial score (nSPS) is 18.3. The van der Waals surface area contributed by atoms with Crippen molar-refractivity contribution in [2.75, 3.05) is 40.3 Å². The molecule has 0 saturated carbocycles. The zero-order chi connectivity index (χ0) is 18.3. The number of alkyl carbamates (subject to hydrolysis) is 1. The van der Waals surface area contributed by atoms with Crippen molar-refractivity contribution in [1.82, 2.24) is 20.4 Å². The number of hydrogen-bond donors (Lipinski definition) is 2. The second-order valence-electron chi connectivity index (χ2n) is 7.04. The topological polar surface area (TPSA) is 86.3 Å². The molecule has 0 aromatic heterocycles. The van der Waals surface area contributed by atoms with Crippen LogP contribution in [0.3, 0.4) is 0 Å². The molecule has 1 heterocycles. The van der Waals surface area contributed by atoms with Gasteiger partial charge < -0.3 is 25.2 Å². The number of nitrogens with one attached hydrogen (secondary N) is 2. The largest absolute Gasteiger partial charge is 0.444 e. The molecule has 0 spiro atoms. The van der Waals surface area contributed by atoms with Crippen LogP contribution in [-0.4, -0.2) is 79.7 Å². The van der Waals surface area contributed by atoms with E-state index in [-0.39, 0.29) is 18.5 Å². The van der Waals surface area contributed by atoms with E-state index in [0.29, 0.717) is 12.5 Å². The number of nitrogens with zero attached hydrogens (tertiary/aromatic N) is 3. The van der Waals surface area contributed by atoms with Crippen LogP contribution in [0.5, 0.6) is 0 Å². The lowest BCUT2D eigenvalue weighted by molar-refractivity contribution is -0.127. The van der Waals surface area contributed by atoms with E-state index in [1.54, 1.807) is 14.1 Å². The molecule has 1 aliphatic rings.